The van der Waals surface area contributed by atoms with Crippen LogP contribution in [-0.2, 0) is 12.6 Å². The number of aryl methyl sites for hydroxylation is 4. The molecular weight excluding hydrogens is 367 g/mol. The Balaban J connectivity index is 0.000000595. The van der Waals surface area contributed by atoms with Crippen LogP contribution in [0, 0.1) is 20.8 Å². The van der Waals surface area contributed by atoms with Crippen LogP contribution in [-0.4, -0.2) is 0 Å². The van der Waals surface area contributed by atoms with E-state index in [4.69, 9.17) is 0 Å². The molecule has 0 aliphatic heterocycles. The van der Waals surface area contributed by atoms with Crippen LogP contribution in [0.3, 0.4) is 0 Å². The van der Waals surface area contributed by atoms with Gasteiger partial charge in [0.1, 0.15) is 0 Å². The van der Waals surface area contributed by atoms with Gasteiger partial charge in [-0.3, -0.25) is 0 Å². The summed E-state index contributed by atoms with van der Waals surface area (Å²) in [5.74, 6) is 0. The molecule has 29 heavy (non-hydrogen) atoms. The van der Waals surface area contributed by atoms with E-state index in [1.165, 1.54) is 44.3 Å². The van der Waals surface area contributed by atoms with Crippen molar-refractivity contribution in [3.8, 4) is 0 Å². The molecule has 0 aliphatic carbocycles. The third-order valence-electron chi connectivity index (χ3n) is 4.79. The van der Waals surface area contributed by atoms with Crippen LogP contribution in [0.2, 0.25) is 0 Å². The van der Waals surface area contributed by atoms with Crippen LogP contribution in [0.15, 0.2) is 91.3 Å². The summed E-state index contributed by atoms with van der Waals surface area (Å²) < 4.78 is 0. The molecule has 1 heteroatoms. The fourth-order valence-corrected chi connectivity index (χ4v) is 4.03. The van der Waals surface area contributed by atoms with Gasteiger partial charge >= 0.3 is 0 Å². The van der Waals surface area contributed by atoms with Crippen molar-refractivity contribution in [2.75, 3.05) is 0 Å². The number of hydrogen-bond donors (Lipinski definition) is 0. The van der Waals surface area contributed by atoms with Gasteiger partial charge in [-0.05, 0) is 85.9 Å². The molecule has 2 aromatic carbocycles. The second-order valence-corrected chi connectivity index (χ2v) is 8.46. The zero-order valence-electron chi connectivity index (χ0n) is 19.4. The van der Waals surface area contributed by atoms with Gasteiger partial charge in [-0.15, -0.1) is 13.2 Å². The molecule has 0 amide bonds. The Bertz CT molecular complexity index is 820. The fraction of sp³-hybridized carbons (Fsp3) is 0.286. The van der Waals surface area contributed by atoms with Crippen LogP contribution in [0.1, 0.15) is 48.6 Å². The highest BCUT2D eigenvalue weighted by Gasteiger charge is 2.03. The van der Waals surface area contributed by atoms with Crippen molar-refractivity contribution in [3.05, 3.63) is 119 Å². The molecule has 1 atom stereocenters. The van der Waals surface area contributed by atoms with E-state index >= 15 is 0 Å². The predicted molar refractivity (Wildman–Crippen MR) is 137 cm³/mol. The highest BCUT2D eigenvalue weighted by atomic mass is 31.1. The lowest BCUT2D eigenvalue weighted by atomic mass is 10.1. The fourth-order valence-electron chi connectivity index (χ4n) is 2.85. The van der Waals surface area contributed by atoms with Crippen molar-refractivity contribution in [2.45, 2.75) is 54.1 Å². The lowest BCUT2D eigenvalue weighted by Crippen LogP contribution is -1.87. The van der Waals surface area contributed by atoms with E-state index in [0.717, 1.165) is 21.2 Å². The molecule has 2 rings (SSSR count). The minimum atomic E-state index is 0.733. The zero-order chi connectivity index (χ0) is 22.4. The molecular formula is C28H39P. The van der Waals surface area contributed by atoms with Crippen LogP contribution < -0.4 is 0 Å². The minimum Gasteiger partial charge on any atom is -0.106 e. The van der Waals surface area contributed by atoms with Gasteiger partial charge < -0.3 is 0 Å². The normalized spacial score (nSPS) is 9.72. The molecule has 0 nitrogen and oxygen atoms in total. The van der Waals surface area contributed by atoms with Crippen molar-refractivity contribution in [3.63, 3.8) is 0 Å². The predicted octanol–water partition coefficient (Wildman–Crippen LogP) is 8.88. The summed E-state index contributed by atoms with van der Waals surface area (Å²) in [6.07, 6.45) is 4.14. The Hall–Kier alpha value is -2.17. The zero-order valence-corrected chi connectivity index (χ0v) is 20.4. The molecule has 0 aromatic heterocycles. The molecule has 0 bridgehead atoms. The van der Waals surface area contributed by atoms with Crippen LogP contribution in [0.5, 0.6) is 0 Å². The first-order valence-electron chi connectivity index (χ1n) is 10.1. The van der Waals surface area contributed by atoms with Crippen molar-refractivity contribution in [1.82, 2.24) is 0 Å². The van der Waals surface area contributed by atoms with E-state index in [0.29, 0.717) is 0 Å². The monoisotopic (exact) mass is 406 g/mol. The number of allylic oxidation sites excluding steroid dienone is 4. The van der Waals surface area contributed by atoms with Crippen molar-refractivity contribution in [2.24, 2.45) is 0 Å². The van der Waals surface area contributed by atoms with Crippen LogP contribution >= 0.6 is 8.58 Å². The Kier molecular flexibility index (Phi) is 13.7. The third kappa shape index (κ3) is 9.73. The molecule has 0 fully saturated rings. The number of rotatable bonds is 6. The summed E-state index contributed by atoms with van der Waals surface area (Å²) >= 11 is 0. The summed E-state index contributed by atoms with van der Waals surface area (Å²) in [6.45, 7) is 26.9. The Morgan fingerprint density at radius 1 is 0.931 bits per heavy atom. The quantitative estimate of drug-likeness (QED) is 0.255. The van der Waals surface area contributed by atoms with E-state index in [9.17, 15) is 0 Å². The first-order valence-corrected chi connectivity index (χ1v) is 11.3. The van der Waals surface area contributed by atoms with E-state index in [1.807, 2.05) is 6.08 Å². The average Bonchev–Trinajstić information content (AvgIpc) is 2.71. The molecule has 2 aromatic rings. The average molecular weight is 407 g/mol. The van der Waals surface area contributed by atoms with Gasteiger partial charge in [-0.1, -0.05) is 82.8 Å². The van der Waals surface area contributed by atoms with Gasteiger partial charge in [0, 0.05) is 0 Å². The van der Waals surface area contributed by atoms with Gasteiger partial charge in [0.15, 0.2) is 0 Å². The first-order chi connectivity index (χ1) is 13.8. The SMILES string of the molecule is C=C.C=CC(C(=C)PCc1ccc(C)c(C)c1)=C(C)C.CCc1ccccc1C. The van der Waals surface area contributed by atoms with Crippen LogP contribution in [0.25, 0.3) is 0 Å². The lowest BCUT2D eigenvalue weighted by Gasteiger charge is -2.10. The number of benzene rings is 2. The third-order valence-corrected chi connectivity index (χ3v) is 6.07. The molecule has 0 saturated heterocycles. The summed E-state index contributed by atoms with van der Waals surface area (Å²) in [4.78, 5) is 0. The molecule has 0 radical (unpaired) electrons. The molecule has 0 heterocycles. The Morgan fingerprint density at radius 3 is 2.00 bits per heavy atom. The maximum absolute atomic E-state index is 4.19. The number of hydrogen-bond acceptors (Lipinski definition) is 0. The van der Waals surface area contributed by atoms with Gasteiger partial charge in [0.05, 0.1) is 0 Å². The molecule has 0 N–H and O–H groups in total. The summed E-state index contributed by atoms with van der Waals surface area (Å²) in [6, 6.07) is 15.2. The van der Waals surface area contributed by atoms with Gasteiger partial charge in [0.2, 0.25) is 0 Å². The second kappa shape index (κ2) is 14.8. The summed E-state index contributed by atoms with van der Waals surface area (Å²) in [5, 5.41) is 1.21. The topological polar surface area (TPSA) is 0 Å². The summed E-state index contributed by atoms with van der Waals surface area (Å²) in [5.41, 5.74) is 9.50. The van der Waals surface area contributed by atoms with Gasteiger partial charge in [-0.2, -0.15) is 0 Å². The Morgan fingerprint density at radius 2 is 1.55 bits per heavy atom. The maximum Gasteiger partial charge on any atom is -0.00601 e. The molecule has 0 saturated carbocycles. The lowest BCUT2D eigenvalue weighted by molar-refractivity contribution is 1.11. The van der Waals surface area contributed by atoms with Crippen molar-refractivity contribution >= 4 is 8.58 Å². The van der Waals surface area contributed by atoms with Crippen LogP contribution in [0.4, 0.5) is 0 Å². The summed E-state index contributed by atoms with van der Waals surface area (Å²) in [7, 11) is 0.733. The highest BCUT2D eigenvalue weighted by molar-refractivity contribution is 7.42. The first kappa shape index (κ1) is 26.8. The van der Waals surface area contributed by atoms with Gasteiger partial charge in [-0.25, -0.2) is 0 Å². The molecule has 0 aliphatic rings. The van der Waals surface area contributed by atoms with E-state index in [-0.39, 0.29) is 0 Å². The van der Waals surface area contributed by atoms with E-state index in [1.54, 1.807) is 0 Å². The van der Waals surface area contributed by atoms with E-state index in [2.05, 4.69) is 110 Å². The van der Waals surface area contributed by atoms with Crippen molar-refractivity contribution < 1.29 is 0 Å². The Labute approximate surface area is 181 Å². The highest BCUT2D eigenvalue weighted by Crippen LogP contribution is 2.34. The largest absolute Gasteiger partial charge is 0.106 e. The van der Waals surface area contributed by atoms with Gasteiger partial charge in [0.25, 0.3) is 0 Å². The van der Waals surface area contributed by atoms with Crippen molar-refractivity contribution in [1.29, 1.82) is 0 Å². The minimum absolute atomic E-state index is 0.733. The standard InChI is InChI=1S/C17H23P.C9H12.C2H4/c1-7-17(12(2)3)15(6)18-11-16-9-8-13(4)14(5)10-16;1-3-9-7-5-4-6-8(9)2;1-2/h7-10,18H,1,6,11H2,2-5H3;4-7H,3H2,1-2H3;1-2H2. The second-order valence-electron chi connectivity index (χ2n) is 7.15. The molecule has 1 unspecified atom stereocenters. The molecule has 0 spiro atoms. The van der Waals surface area contributed by atoms with E-state index < -0.39 is 0 Å². The molecule has 156 valence electrons. The smallest absolute Gasteiger partial charge is 0.00601 e. The maximum atomic E-state index is 4.19.